The lowest BCUT2D eigenvalue weighted by Crippen LogP contribution is -2.32. The van der Waals surface area contributed by atoms with Gasteiger partial charge in [0.1, 0.15) is 5.01 Å². The molecule has 4 aromatic carbocycles. The summed E-state index contributed by atoms with van der Waals surface area (Å²) in [5.74, 6) is 0.200. The molecular formula is C29H22N2O5S. The fourth-order valence-corrected chi connectivity index (χ4v) is 5.39. The molecule has 0 radical (unpaired) electrons. The number of para-hydroxylation sites is 1. The predicted octanol–water partition coefficient (Wildman–Crippen LogP) is 6.42. The number of ether oxygens (including phenoxy) is 3. The SMILES string of the molecule is CCC(OC(=O)c1cccc2cccc(-c3nc4ccccc4s3)c12)C(=O)Nc1ccc2c(c1)OCO2. The largest absolute Gasteiger partial charge is 0.454 e. The molecule has 1 aliphatic heterocycles. The monoisotopic (exact) mass is 510 g/mol. The molecule has 5 aromatic rings. The first-order valence-electron chi connectivity index (χ1n) is 11.9. The number of nitrogens with zero attached hydrogens (tertiary/aromatic N) is 1. The van der Waals surface area contributed by atoms with Crippen LogP contribution in [-0.2, 0) is 9.53 Å². The molecule has 6 rings (SSSR count). The minimum atomic E-state index is -0.970. The van der Waals surface area contributed by atoms with Crippen molar-refractivity contribution in [3.63, 3.8) is 0 Å². The molecule has 0 spiro atoms. The maximum Gasteiger partial charge on any atom is 0.339 e. The quantitative estimate of drug-likeness (QED) is 0.265. The van der Waals surface area contributed by atoms with E-state index in [4.69, 9.17) is 19.2 Å². The maximum atomic E-state index is 13.4. The highest BCUT2D eigenvalue weighted by atomic mass is 32.1. The molecule has 7 nitrogen and oxygen atoms in total. The molecule has 37 heavy (non-hydrogen) atoms. The van der Waals surface area contributed by atoms with Crippen molar-refractivity contribution in [3.05, 3.63) is 84.4 Å². The van der Waals surface area contributed by atoms with Crippen LogP contribution < -0.4 is 14.8 Å². The molecule has 0 fully saturated rings. The van der Waals surface area contributed by atoms with Gasteiger partial charge in [0.15, 0.2) is 17.6 Å². The Morgan fingerprint density at radius 1 is 1.00 bits per heavy atom. The van der Waals surface area contributed by atoms with Crippen LogP contribution in [0.4, 0.5) is 5.69 Å². The predicted molar refractivity (Wildman–Crippen MR) is 143 cm³/mol. The van der Waals surface area contributed by atoms with E-state index in [0.29, 0.717) is 29.2 Å². The number of aromatic nitrogens is 1. The Balaban J connectivity index is 1.29. The second-order valence-electron chi connectivity index (χ2n) is 8.56. The van der Waals surface area contributed by atoms with E-state index in [1.807, 2.05) is 54.6 Å². The van der Waals surface area contributed by atoms with E-state index < -0.39 is 18.0 Å². The van der Waals surface area contributed by atoms with Crippen LogP contribution in [0.1, 0.15) is 23.7 Å². The van der Waals surface area contributed by atoms with E-state index in [9.17, 15) is 9.59 Å². The minimum absolute atomic E-state index is 0.145. The average Bonchev–Trinajstić information content (AvgIpc) is 3.57. The van der Waals surface area contributed by atoms with Gasteiger partial charge in [-0.3, -0.25) is 4.79 Å². The fraction of sp³-hybridized carbons (Fsp3) is 0.138. The van der Waals surface area contributed by atoms with E-state index in [-0.39, 0.29) is 6.79 Å². The molecule has 1 atom stereocenters. The lowest BCUT2D eigenvalue weighted by Gasteiger charge is -2.17. The van der Waals surface area contributed by atoms with Crippen LogP contribution in [0.15, 0.2) is 78.9 Å². The van der Waals surface area contributed by atoms with Gasteiger partial charge in [-0.15, -0.1) is 11.3 Å². The highest BCUT2D eigenvalue weighted by Gasteiger charge is 2.25. The number of anilines is 1. The molecule has 0 bridgehead atoms. The van der Waals surface area contributed by atoms with Crippen molar-refractivity contribution in [1.82, 2.24) is 4.98 Å². The summed E-state index contributed by atoms with van der Waals surface area (Å²) >= 11 is 1.57. The lowest BCUT2D eigenvalue weighted by molar-refractivity contribution is -0.124. The van der Waals surface area contributed by atoms with Gasteiger partial charge < -0.3 is 19.5 Å². The Morgan fingerprint density at radius 2 is 1.81 bits per heavy atom. The number of nitrogens with one attached hydrogen (secondary N) is 1. The van der Waals surface area contributed by atoms with Crippen LogP contribution in [0.5, 0.6) is 11.5 Å². The number of fused-ring (bicyclic) bond motifs is 3. The Kier molecular flexibility index (Phi) is 5.94. The number of esters is 1. The van der Waals surface area contributed by atoms with Crippen molar-refractivity contribution in [2.45, 2.75) is 19.4 Å². The number of carbonyl (C=O) groups excluding carboxylic acids is 2. The van der Waals surface area contributed by atoms with E-state index in [1.54, 1.807) is 42.5 Å². The third kappa shape index (κ3) is 4.36. The Labute approximate surface area is 216 Å². The number of rotatable bonds is 6. The number of thiazole rings is 1. The summed E-state index contributed by atoms with van der Waals surface area (Å²) in [6.07, 6.45) is -0.653. The Morgan fingerprint density at radius 3 is 2.65 bits per heavy atom. The van der Waals surface area contributed by atoms with Gasteiger partial charge in [-0.1, -0.05) is 49.4 Å². The van der Waals surface area contributed by atoms with Gasteiger partial charge in [-0.2, -0.15) is 0 Å². The van der Waals surface area contributed by atoms with Crippen LogP contribution in [0.2, 0.25) is 0 Å². The van der Waals surface area contributed by atoms with Crippen molar-refractivity contribution in [2.24, 2.45) is 0 Å². The van der Waals surface area contributed by atoms with Gasteiger partial charge in [0.2, 0.25) is 6.79 Å². The van der Waals surface area contributed by atoms with Gasteiger partial charge in [-0.25, -0.2) is 9.78 Å². The molecule has 1 aromatic heterocycles. The fourth-order valence-electron chi connectivity index (χ4n) is 4.39. The molecule has 8 heteroatoms. The molecule has 184 valence electrons. The Hall–Kier alpha value is -4.43. The summed E-state index contributed by atoms with van der Waals surface area (Å²) in [4.78, 5) is 31.2. The number of carbonyl (C=O) groups is 2. The molecule has 1 amide bonds. The zero-order valence-electron chi connectivity index (χ0n) is 19.9. The molecule has 0 saturated heterocycles. The topological polar surface area (TPSA) is 86.8 Å². The summed E-state index contributed by atoms with van der Waals surface area (Å²) in [6.45, 7) is 1.94. The van der Waals surface area contributed by atoms with Crippen molar-refractivity contribution in [2.75, 3.05) is 12.1 Å². The van der Waals surface area contributed by atoms with Gasteiger partial charge in [0, 0.05) is 22.7 Å². The van der Waals surface area contributed by atoms with Crippen molar-refractivity contribution < 1.29 is 23.8 Å². The lowest BCUT2D eigenvalue weighted by atomic mass is 9.99. The van der Waals surface area contributed by atoms with Gasteiger partial charge >= 0.3 is 5.97 Å². The van der Waals surface area contributed by atoms with E-state index in [1.165, 1.54) is 0 Å². The van der Waals surface area contributed by atoms with E-state index >= 15 is 0 Å². The maximum absolute atomic E-state index is 13.4. The average molecular weight is 511 g/mol. The number of amides is 1. The normalized spacial score (nSPS) is 13.0. The van der Waals surface area contributed by atoms with Crippen molar-refractivity contribution >= 4 is 49.9 Å². The summed E-state index contributed by atoms with van der Waals surface area (Å²) in [5, 5.41) is 5.27. The highest BCUT2D eigenvalue weighted by Crippen LogP contribution is 2.37. The summed E-state index contributed by atoms with van der Waals surface area (Å²) < 4.78 is 17.5. The minimum Gasteiger partial charge on any atom is -0.454 e. The molecule has 1 N–H and O–H groups in total. The van der Waals surface area contributed by atoms with E-state index in [0.717, 1.165) is 31.6 Å². The zero-order chi connectivity index (χ0) is 25.4. The molecule has 1 unspecified atom stereocenters. The highest BCUT2D eigenvalue weighted by molar-refractivity contribution is 7.21. The number of benzene rings is 4. The summed E-state index contributed by atoms with van der Waals surface area (Å²) in [7, 11) is 0. The molecule has 1 aliphatic rings. The molecular weight excluding hydrogens is 488 g/mol. The van der Waals surface area contributed by atoms with Crippen LogP contribution >= 0.6 is 11.3 Å². The van der Waals surface area contributed by atoms with E-state index in [2.05, 4.69) is 5.32 Å². The van der Waals surface area contributed by atoms with Crippen LogP contribution in [0.25, 0.3) is 31.6 Å². The van der Waals surface area contributed by atoms with Gasteiger partial charge in [0.25, 0.3) is 5.91 Å². The smallest absolute Gasteiger partial charge is 0.339 e. The molecule has 2 heterocycles. The summed E-state index contributed by atoms with van der Waals surface area (Å²) in [5.41, 5.74) is 2.68. The molecule has 0 saturated carbocycles. The van der Waals surface area contributed by atoms with Crippen LogP contribution in [0.3, 0.4) is 0 Å². The first-order chi connectivity index (χ1) is 18.1. The second-order valence-corrected chi connectivity index (χ2v) is 9.59. The van der Waals surface area contributed by atoms with Gasteiger partial charge in [-0.05, 0) is 42.1 Å². The zero-order valence-corrected chi connectivity index (χ0v) is 20.7. The van der Waals surface area contributed by atoms with Crippen molar-refractivity contribution in [1.29, 1.82) is 0 Å². The number of hydrogen-bond acceptors (Lipinski definition) is 7. The van der Waals surface area contributed by atoms with Crippen molar-refractivity contribution in [3.8, 4) is 22.1 Å². The standard InChI is InChI=1S/C29H22N2O5S/c1-2-22(27(32)30-18-13-14-23-24(15-18)35-16-34-23)36-29(33)20-10-6-8-17-7-5-9-19(26(17)20)28-31-21-11-3-4-12-25(21)37-28/h3-15,22H,2,16H2,1H3,(H,30,32). The Bertz CT molecular complexity index is 1620. The third-order valence-corrected chi connectivity index (χ3v) is 7.27. The van der Waals surface area contributed by atoms with Gasteiger partial charge in [0.05, 0.1) is 15.8 Å². The first-order valence-corrected chi connectivity index (χ1v) is 12.7. The molecule has 0 aliphatic carbocycles. The second kappa shape index (κ2) is 9.55. The summed E-state index contributed by atoms with van der Waals surface area (Å²) in [6, 6.07) is 24.4. The van der Waals surface area contributed by atoms with Crippen LogP contribution in [0, 0.1) is 0 Å². The first kappa shape index (κ1) is 23.0. The van der Waals surface area contributed by atoms with Crippen LogP contribution in [-0.4, -0.2) is 29.8 Å². The third-order valence-electron chi connectivity index (χ3n) is 6.20. The number of hydrogen-bond donors (Lipinski definition) is 1.